The molecule has 26 heavy (non-hydrogen) atoms. The van der Waals surface area contributed by atoms with E-state index in [1.165, 1.54) is 18.2 Å². The summed E-state index contributed by atoms with van der Waals surface area (Å²) in [7, 11) is 0. The molecule has 3 N–H and O–H groups in total. The zero-order valence-corrected chi connectivity index (χ0v) is 14.7. The second kappa shape index (κ2) is 7.32. The molecule has 1 heterocycles. The van der Waals surface area contributed by atoms with Gasteiger partial charge < -0.3 is 20.1 Å². The lowest BCUT2D eigenvalue weighted by Gasteiger charge is -2.29. The van der Waals surface area contributed by atoms with Gasteiger partial charge in [0.15, 0.2) is 5.78 Å². The average Bonchev–Trinajstić information content (AvgIpc) is 2.61. The van der Waals surface area contributed by atoms with E-state index in [2.05, 4.69) is 0 Å². The molecule has 136 valence electrons. The monoisotopic (exact) mass is 354 g/mol. The molecule has 3 unspecified atom stereocenters. The summed E-state index contributed by atoms with van der Waals surface area (Å²) in [6.07, 6.45) is -0.736. The number of fused-ring (bicyclic) bond motifs is 1. The van der Waals surface area contributed by atoms with Gasteiger partial charge >= 0.3 is 0 Å². The van der Waals surface area contributed by atoms with E-state index in [0.717, 1.165) is 5.56 Å². The molecule has 0 aliphatic carbocycles. The maximum Gasteiger partial charge on any atom is 0.170 e. The van der Waals surface area contributed by atoms with Crippen LogP contribution in [-0.2, 0) is 0 Å². The summed E-state index contributed by atoms with van der Waals surface area (Å²) in [5, 5.41) is 30.5. The number of phenolic OH excluding ortho intramolecular Hbond substituents is 1. The number of carbonyl (C=O) groups is 1. The molecule has 0 amide bonds. The summed E-state index contributed by atoms with van der Waals surface area (Å²) in [5.74, 6) is -0.0669. The fraction of sp³-hybridized carbons (Fsp3) is 0.286. The summed E-state index contributed by atoms with van der Waals surface area (Å²) < 4.78 is 6.05. The minimum atomic E-state index is -1.19. The predicted molar refractivity (Wildman–Crippen MR) is 97.3 cm³/mol. The molecule has 0 spiro atoms. The lowest BCUT2D eigenvalue weighted by Crippen LogP contribution is -2.22. The second-order valence-electron chi connectivity index (χ2n) is 6.57. The van der Waals surface area contributed by atoms with Gasteiger partial charge in [0.25, 0.3) is 0 Å². The van der Waals surface area contributed by atoms with Crippen LogP contribution < -0.4 is 4.74 Å². The number of hydrogen-bond acceptors (Lipinski definition) is 5. The Morgan fingerprint density at radius 2 is 1.88 bits per heavy atom. The number of aliphatic hydroxyl groups excluding tert-OH is 2. The molecule has 3 atom stereocenters. The Kier molecular flexibility index (Phi) is 5.11. The zero-order chi connectivity index (χ0) is 18.8. The van der Waals surface area contributed by atoms with Gasteiger partial charge in [-0.15, -0.1) is 0 Å². The Labute approximate surface area is 152 Å². The number of aromatic hydroxyl groups is 1. The van der Waals surface area contributed by atoms with Crippen LogP contribution in [0.2, 0.25) is 0 Å². The van der Waals surface area contributed by atoms with Crippen molar-refractivity contribution in [2.75, 3.05) is 0 Å². The summed E-state index contributed by atoms with van der Waals surface area (Å²) >= 11 is 0. The number of benzene rings is 2. The maximum absolute atomic E-state index is 12.6. The molecule has 0 fully saturated rings. The van der Waals surface area contributed by atoms with Gasteiger partial charge in [-0.05, 0) is 37.1 Å². The van der Waals surface area contributed by atoms with E-state index in [4.69, 9.17) is 4.74 Å². The smallest absolute Gasteiger partial charge is 0.170 e. The van der Waals surface area contributed by atoms with Crippen LogP contribution in [0.3, 0.4) is 0 Å². The maximum atomic E-state index is 12.6. The molecule has 0 aromatic heterocycles. The van der Waals surface area contributed by atoms with Crippen molar-refractivity contribution < 1.29 is 24.9 Å². The Morgan fingerprint density at radius 3 is 2.54 bits per heavy atom. The van der Waals surface area contributed by atoms with Crippen molar-refractivity contribution in [2.24, 2.45) is 0 Å². The standard InChI is InChI=1S/C21H22O5/c1-12(10-13(2)22)20(25)19-16(23)9-8-15-17(24)11-18(26-21(15)19)14-6-4-3-5-7-14/h3-10,13,18,20,22-23,25H,11H2,1-2H3/b12-10+. The van der Waals surface area contributed by atoms with Crippen LogP contribution in [-0.4, -0.2) is 27.2 Å². The van der Waals surface area contributed by atoms with Gasteiger partial charge in [0, 0.05) is 0 Å². The SMILES string of the molecule is C/C(=C\C(C)O)C(O)c1c(O)ccc2c1OC(c1ccccc1)CC2=O. The van der Waals surface area contributed by atoms with Gasteiger partial charge in [0.1, 0.15) is 23.7 Å². The number of rotatable bonds is 4. The molecule has 0 radical (unpaired) electrons. The third-order valence-electron chi connectivity index (χ3n) is 4.48. The molecular formula is C21H22O5. The van der Waals surface area contributed by atoms with Crippen LogP contribution in [0.25, 0.3) is 0 Å². The molecule has 0 saturated heterocycles. The van der Waals surface area contributed by atoms with Crippen molar-refractivity contribution in [3.63, 3.8) is 0 Å². The molecule has 2 aromatic rings. The van der Waals surface area contributed by atoms with Gasteiger partial charge in [-0.1, -0.05) is 36.4 Å². The third-order valence-corrected chi connectivity index (χ3v) is 4.48. The minimum absolute atomic E-state index is 0.106. The van der Waals surface area contributed by atoms with Gasteiger partial charge in [0.05, 0.1) is 23.7 Å². The van der Waals surface area contributed by atoms with Crippen molar-refractivity contribution in [2.45, 2.75) is 38.6 Å². The lowest BCUT2D eigenvalue weighted by atomic mass is 9.91. The Morgan fingerprint density at radius 1 is 1.19 bits per heavy atom. The first-order valence-corrected chi connectivity index (χ1v) is 8.53. The van der Waals surface area contributed by atoms with Crippen molar-refractivity contribution in [1.29, 1.82) is 0 Å². The van der Waals surface area contributed by atoms with E-state index >= 15 is 0 Å². The fourth-order valence-electron chi connectivity index (χ4n) is 3.22. The predicted octanol–water partition coefficient (Wildman–Crippen LogP) is 3.46. The highest BCUT2D eigenvalue weighted by atomic mass is 16.5. The average molecular weight is 354 g/mol. The van der Waals surface area contributed by atoms with E-state index in [9.17, 15) is 20.1 Å². The van der Waals surface area contributed by atoms with Crippen molar-refractivity contribution in [1.82, 2.24) is 0 Å². The zero-order valence-electron chi connectivity index (χ0n) is 14.7. The molecule has 2 aromatic carbocycles. The van der Waals surface area contributed by atoms with Gasteiger partial charge in [-0.3, -0.25) is 4.79 Å². The van der Waals surface area contributed by atoms with E-state index in [1.54, 1.807) is 13.8 Å². The highest BCUT2D eigenvalue weighted by Crippen LogP contribution is 2.44. The van der Waals surface area contributed by atoms with Gasteiger partial charge in [-0.2, -0.15) is 0 Å². The van der Waals surface area contributed by atoms with E-state index in [0.29, 0.717) is 11.1 Å². The van der Waals surface area contributed by atoms with E-state index in [1.807, 2.05) is 30.3 Å². The van der Waals surface area contributed by atoms with E-state index < -0.39 is 18.3 Å². The quantitative estimate of drug-likeness (QED) is 0.732. The number of ether oxygens (including phenoxy) is 1. The molecular weight excluding hydrogens is 332 g/mol. The van der Waals surface area contributed by atoms with Crippen molar-refractivity contribution >= 4 is 5.78 Å². The van der Waals surface area contributed by atoms with Crippen LogP contribution in [0.1, 0.15) is 54.0 Å². The summed E-state index contributed by atoms with van der Waals surface area (Å²) in [5.41, 5.74) is 1.80. The molecule has 0 bridgehead atoms. The molecule has 5 nitrogen and oxygen atoms in total. The summed E-state index contributed by atoms with van der Waals surface area (Å²) in [6, 6.07) is 12.3. The third kappa shape index (κ3) is 3.49. The van der Waals surface area contributed by atoms with Crippen LogP contribution >= 0.6 is 0 Å². The fourth-order valence-corrected chi connectivity index (χ4v) is 3.22. The van der Waals surface area contributed by atoms with Crippen LogP contribution in [0.4, 0.5) is 0 Å². The summed E-state index contributed by atoms with van der Waals surface area (Å²) in [4.78, 5) is 12.6. The Bertz CT molecular complexity index is 839. The van der Waals surface area contributed by atoms with Gasteiger partial charge in [-0.25, -0.2) is 0 Å². The molecule has 0 saturated carbocycles. The van der Waals surface area contributed by atoms with Crippen molar-refractivity contribution in [3.8, 4) is 11.5 Å². The number of aliphatic hydroxyl groups is 2. The first-order chi connectivity index (χ1) is 12.4. The molecule has 1 aliphatic rings. The Balaban J connectivity index is 2.07. The van der Waals surface area contributed by atoms with Gasteiger partial charge in [0.2, 0.25) is 0 Å². The lowest BCUT2D eigenvalue weighted by molar-refractivity contribution is 0.0839. The van der Waals surface area contributed by atoms with E-state index in [-0.39, 0.29) is 29.3 Å². The number of hydrogen-bond donors (Lipinski definition) is 3. The number of carbonyl (C=O) groups excluding carboxylic acids is 1. The Hall–Kier alpha value is -2.63. The normalized spacial score (nSPS) is 19.5. The summed E-state index contributed by atoms with van der Waals surface area (Å²) in [6.45, 7) is 3.22. The largest absolute Gasteiger partial charge is 0.507 e. The minimum Gasteiger partial charge on any atom is -0.507 e. The van der Waals surface area contributed by atoms with Crippen LogP contribution in [0.5, 0.6) is 11.5 Å². The second-order valence-corrected chi connectivity index (χ2v) is 6.57. The number of ketones is 1. The molecule has 5 heteroatoms. The first-order valence-electron chi connectivity index (χ1n) is 8.53. The number of phenols is 1. The topological polar surface area (TPSA) is 87.0 Å². The molecule has 1 aliphatic heterocycles. The van der Waals surface area contributed by atoms with Crippen LogP contribution in [0, 0.1) is 0 Å². The number of Topliss-reactive ketones (excluding diaryl/α,β-unsaturated/α-hetero) is 1. The first kappa shape index (κ1) is 18.2. The molecule has 3 rings (SSSR count). The van der Waals surface area contributed by atoms with Crippen molar-refractivity contribution in [3.05, 3.63) is 70.8 Å². The highest BCUT2D eigenvalue weighted by Gasteiger charge is 2.33. The van der Waals surface area contributed by atoms with Crippen LogP contribution in [0.15, 0.2) is 54.1 Å². The highest BCUT2D eigenvalue weighted by molar-refractivity contribution is 6.00.